The van der Waals surface area contributed by atoms with Crippen molar-refractivity contribution < 1.29 is 4.42 Å². The van der Waals surface area contributed by atoms with Crippen LogP contribution in [-0.2, 0) is 0 Å². The Morgan fingerprint density at radius 2 is 2.05 bits per heavy atom. The highest BCUT2D eigenvalue weighted by molar-refractivity contribution is 5.73. The molecule has 0 N–H and O–H groups in total. The summed E-state index contributed by atoms with van der Waals surface area (Å²) in [5.41, 5.74) is 2.22. The average Bonchev–Trinajstić information content (AvgIpc) is 2.67. The Hall–Kier alpha value is -1.86. The molecule has 1 heterocycles. The van der Waals surface area contributed by atoms with Crippen molar-refractivity contribution in [1.82, 2.24) is 9.88 Å². The molecule has 0 saturated heterocycles. The zero-order valence-electron chi connectivity index (χ0n) is 12.1. The van der Waals surface area contributed by atoms with Gasteiger partial charge in [-0.05, 0) is 45.6 Å². The largest absolute Gasteiger partial charge is 0.441 e. The highest BCUT2D eigenvalue weighted by Crippen LogP contribution is 2.37. The van der Waals surface area contributed by atoms with Gasteiger partial charge in [-0.3, -0.25) is 0 Å². The van der Waals surface area contributed by atoms with Gasteiger partial charge >= 0.3 is 0 Å². The minimum Gasteiger partial charge on any atom is -0.441 e. The van der Waals surface area contributed by atoms with Crippen molar-refractivity contribution in [1.29, 1.82) is 5.26 Å². The zero-order chi connectivity index (χ0) is 14.2. The third-order valence-corrected chi connectivity index (χ3v) is 3.32. The Morgan fingerprint density at radius 1 is 1.37 bits per heavy atom. The second-order valence-corrected chi connectivity index (χ2v) is 5.66. The topological polar surface area (TPSA) is 53.1 Å². The minimum atomic E-state index is -0.480. The molecule has 0 bridgehead atoms. The third kappa shape index (κ3) is 2.47. The number of nitriles is 1. The molecule has 0 radical (unpaired) electrons. The lowest BCUT2D eigenvalue weighted by Gasteiger charge is -2.34. The lowest BCUT2D eigenvalue weighted by atomic mass is 9.81. The molecule has 0 fully saturated rings. The van der Waals surface area contributed by atoms with E-state index in [1.54, 1.807) is 0 Å². The molecule has 0 spiro atoms. The Balaban J connectivity index is 2.54. The number of hydrogen-bond acceptors (Lipinski definition) is 4. The number of benzene rings is 1. The van der Waals surface area contributed by atoms with Gasteiger partial charge in [0, 0.05) is 6.92 Å². The molecule has 2 aromatic rings. The van der Waals surface area contributed by atoms with E-state index in [9.17, 15) is 5.26 Å². The lowest BCUT2D eigenvalue weighted by Crippen LogP contribution is -2.32. The van der Waals surface area contributed by atoms with Crippen LogP contribution in [0.15, 0.2) is 22.6 Å². The quantitative estimate of drug-likeness (QED) is 0.846. The lowest BCUT2D eigenvalue weighted by molar-refractivity contribution is 0.185. The fourth-order valence-corrected chi connectivity index (χ4v) is 2.65. The predicted octanol–water partition coefficient (Wildman–Crippen LogP) is 3.29. The van der Waals surface area contributed by atoms with Crippen molar-refractivity contribution in [2.45, 2.75) is 26.8 Å². The summed E-state index contributed by atoms with van der Waals surface area (Å²) in [6, 6.07) is 8.35. The summed E-state index contributed by atoms with van der Waals surface area (Å²) in [7, 11) is 3.97. The van der Waals surface area contributed by atoms with E-state index < -0.39 is 5.41 Å². The van der Waals surface area contributed by atoms with Gasteiger partial charge in [-0.25, -0.2) is 4.98 Å². The van der Waals surface area contributed by atoms with Gasteiger partial charge in [-0.15, -0.1) is 0 Å². The first-order valence-electron chi connectivity index (χ1n) is 6.30. The van der Waals surface area contributed by atoms with Crippen molar-refractivity contribution in [3.05, 3.63) is 29.7 Å². The second kappa shape index (κ2) is 4.67. The van der Waals surface area contributed by atoms with Crippen LogP contribution >= 0.6 is 0 Å². The maximum absolute atomic E-state index is 9.38. The first kappa shape index (κ1) is 13.6. The first-order valence-corrected chi connectivity index (χ1v) is 6.30. The Labute approximate surface area is 113 Å². The Kier molecular flexibility index (Phi) is 3.34. The molecule has 1 aromatic carbocycles. The van der Waals surface area contributed by atoms with E-state index in [1.807, 2.05) is 53.1 Å². The summed E-state index contributed by atoms with van der Waals surface area (Å²) >= 11 is 0. The van der Waals surface area contributed by atoms with E-state index in [-0.39, 0.29) is 6.04 Å². The molecular weight excluding hydrogens is 238 g/mol. The second-order valence-electron chi connectivity index (χ2n) is 5.66. The summed E-state index contributed by atoms with van der Waals surface area (Å²) in [6.07, 6.45) is 0. The summed E-state index contributed by atoms with van der Waals surface area (Å²) in [6.45, 7) is 5.74. The number of rotatable bonds is 3. The molecule has 1 aromatic heterocycles. The van der Waals surface area contributed by atoms with Crippen LogP contribution in [0.4, 0.5) is 0 Å². The Bertz CT molecular complexity index is 634. The monoisotopic (exact) mass is 257 g/mol. The number of oxazole rings is 1. The van der Waals surface area contributed by atoms with Crippen molar-refractivity contribution in [2.24, 2.45) is 5.41 Å². The highest BCUT2D eigenvalue weighted by Gasteiger charge is 2.33. The maximum atomic E-state index is 9.38. The van der Waals surface area contributed by atoms with E-state index in [4.69, 9.17) is 4.42 Å². The molecule has 0 amide bonds. The Morgan fingerprint density at radius 3 is 2.63 bits per heavy atom. The van der Waals surface area contributed by atoms with Crippen LogP contribution in [0.2, 0.25) is 0 Å². The number of aryl methyl sites for hydroxylation is 1. The highest BCUT2D eigenvalue weighted by atomic mass is 16.3. The number of aromatic nitrogens is 1. The van der Waals surface area contributed by atoms with Gasteiger partial charge in [-0.1, -0.05) is 6.07 Å². The van der Waals surface area contributed by atoms with E-state index in [0.717, 1.165) is 16.7 Å². The van der Waals surface area contributed by atoms with Crippen molar-refractivity contribution in [3.8, 4) is 6.07 Å². The summed E-state index contributed by atoms with van der Waals surface area (Å²) in [4.78, 5) is 6.36. The number of nitrogens with zero attached hydrogens (tertiary/aromatic N) is 3. The molecule has 1 atom stereocenters. The summed E-state index contributed by atoms with van der Waals surface area (Å²) in [5.74, 6) is 0.660. The first-order chi connectivity index (χ1) is 8.85. The van der Waals surface area contributed by atoms with Crippen LogP contribution in [0.25, 0.3) is 11.1 Å². The van der Waals surface area contributed by atoms with E-state index in [1.165, 1.54) is 0 Å². The predicted molar refractivity (Wildman–Crippen MR) is 74.6 cm³/mol. The minimum absolute atomic E-state index is 0.00676. The normalized spacial score (nSPS) is 13.7. The van der Waals surface area contributed by atoms with Crippen LogP contribution in [0.3, 0.4) is 0 Å². The van der Waals surface area contributed by atoms with Gasteiger partial charge in [0.2, 0.25) is 0 Å². The fourth-order valence-electron chi connectivity index (χ4n) is 2.65. The molecule has 0 aliphatic carbocycles. The molecule has 0 saturated carbocycles. The van der Waals surface area contributed by atoms with E-state index >= 15 is 0 Å². The summed E-state index contributed by atoms with van der Waals surface area (Å²) < 4.78 is 5.57. The smallest absolute Gasteiger partial charge is 0.192 e. The molecule has 1 unspecified atom stereocenters. The van der Waals surface area contributed by atoms with Gasteiger partial charge in [0.15, 0.2) is 11.5 Å². The van der Waals surface area contributed by atoms with Crippen molar-refractivity contribution in [3.63, 3.8) is 0 Å². The van der Waals surface area contributed by atoms with Crippen LogP contribution < -0.4 is 0 Å². The van der Waals surface area contributed by atoms with Crippen LogP contribution in [0.1, 0.15) is 31.3 Å². The molecule has 0 aliphatic rings. The third-order valence-electron chi connectivity index (χ3n) is 3.32. The van der Waals surface area contributed by atoms with Gasteiger partial charge < -0.3 is 9.32 Å². The van der Waals surface area contributed by atoms with Crippen LogP contribution in [0, 0.1) is 23.7 Å². The van der Waals surface area contributed by atoms with Gasteiger partial charge in [0.1, 0.15) is 5.52 Å². The van der Waals surface area contributed by atoms with E-state index in [0.29, 0.717) is 5.89 Å². The molecule has 4 nitrogen and oxygen atoms in total. The van der Waals surface area contributed by atoms with Crippen LogP contribution in [-0.4, -0.2) is 24.0 Å². The molecule has 100 valence electrons. The maximum Gasteiger partial charge on any atom is 0.192 e. The SMILES string of the molecule is Cc1nc2ccc(C(N(C)C)C(C)(C)C#N)cc2o1. The standard InChI is InChI=1S/C15H19N3O/c1-10-17-12-7-6-11(8-13(12)19-10)14(18(4)5)15(2,3)9-16/h6-8,14H,1-5H3. The summed E-state index contributed by atoms with van der Waals surface area (Å²) in [5, 5.41) is 9.38. The van der Waals surface area contributed by atoms with Gasteiger partial charge in [-0.2, -0.15) is 5.26 Å². The molecule has 0 aliphatic heterocycles. The molecular formula is C15H19N3O. The van der Waals surface area contributed by atoms with Crippen LogP contribution in [0.5, 0.6) is 0 Å². The van der Waals surface area contributed by atoms with Gasteiger partial charge in [0.05, 0.1) is 17.5 Å². The molecule has 4 heteroatoms. The average molecular weight is 257 g/mol. The molecule has 2 rings (SSSR count). The number of fused-ring (bicyclic) bond motifs is 1. The van der Waals surface area contributed by atoms with E-state index in [2.05, 4.69) is 16.0 Å². The van der Waals surface area contributed by atoms with Gasteiger partial charge in [0.25, 0.3) is 0 Å². The molecule has 19 heavy (non-hydrogen) atoms. The zero-order valence-corrected chi connectivity index (χ0v) is 12.1. The fraction of sp³-hybridized carbons (Fsp3) is 0.467. The number of hydrogen-bond donors (Lipinski definition) is 0. The van der Waals surface area contributed by atoms with Crippen molar-refractivity contribution in [2.75, 3.05) is 14.1 Å². The van der Waals surface area contributed by atoms with Crippen molar-refractivity contribution >= 4 is 11.1 Å².